The highest BCUT2D eigenvalue weighted by Gasteiger charge is 2.33. The smallest absolute Gasteiger partial charge is 0.227 e. The summed E-state index contributed by atoms with van der Waals surface area (Å²) in [7, 11) is 0. The van der Waals surface area contributed by atoms with Crippen LogP contribution in [0.5, 0.6) is 0 Å². The fraction of sp³-hybridized carbons (Fsp3) is 0.867. The van der Waals surface area contributed by atoms with Crippen molar-refractivity contribution in [2.24, 2.45) is 5.92 Å². The van der Waals surface area contributed by atoms with Crippen LogP contribution in [0.15, 0.2) is 0 Å². The molecule has 2 heterocycles. The molecule has 0 radical (unpaired) electrons. The van der Waals surface area contributed by atoms with Gasteiger partial charge >= 0.3 is 0 Å². The normalized spacial score (nSPS) is 25.9. The van der Waals surface area contributed by atoms with Crippen LogP contribution in [-0.2, 0) is 14.3 Å². The fourth-order valence-corrected chi connectivity index (χ4v) is 3.00. The van der Waals surface area contributed by atoms with E-state index in [0.29, 0.717) is 26.2 Å². The van der Waals surface area contributed by atoms with Gasteiger partial charge in [-0.2, -0.15) is 0 Å². The van der Waals surface area contributed by atoms with E-state index in [1.54, 1.807) is 0 Å². The highest BCUT2D eigenvalue weighted by Crippen LogP contribution is 2.14. The summed E-state index contributed by atoms with van der Waals surface area (Å²) in [6.45, 7) is 6.04. The molecule has 6 heteroatoms. The molecule has 2 aliphatic heterocycles. The van der Waals surface area contributed by atoms with E-state index in [9.17, 15) is 9.59 Å². The molecule has 2 rings (SSSR count). The van der Waals surface area contributed by atoms with Crippen molar-refractivity contribution in [2.45, 2.75) is 38.6 Å². The van der Waals surface area contributed by atoms with Gasteiger partial charge in [0, 0.05) is 32.1 Å². The molecule has 2 unspecified atom stereocenters. The Hall–Kier alpha value is -1.14. The number of likely N-dealkylation sites (N-methyl/N-ethyl adjacent to an activating group) is 1. The average Bonchev–Trinajstić information content (AvgIpc) is 2.96. The maximum Gasteiger partial charge on any atom is 0.227 e. The second-order valence-electron chi connectivity index (χ2n) is 5.79. The minimum absolute atomic E-state index is 0.00936. The summed E-state index contributed by atoms with van der Waals surface area (Å²) in [6.07, 6.45) is 3.81. The minimum Gasteiger partial charge on any atom is -0.379 e. The van der Waals surface area contributed by atoms with Crippen LogP contribution >= 0.6 is 0 Å². The molecule has 120 valence electrons. The first-order valence-corrected chi connectivity index (χ1v) is 8.09. The average molecular weight is 297 g/mol. The SMILES string of the molecule is CCNC1COCC1C(=O)NCCC(=O)N1CCCCC1. The molecule has 2 amide bonds. The van der Waals surface area contributed by atoms with Gasteiger partial charge in [-0.15, -0.1) is 0 Å². The van der Waals surface area contributed by atoms with Crippen molar-refractivity contribution in [3.63, 3.8) is 0 Å². The Balaban J connectivity index is 1.67. The molecule has 0 saturated carbocycles. The molecule has 0 aromatic rings. The maximum atomic E-state index is 12.1. The lowest BCUT2D eigenvalue weighted by molar-refractivity contribution is -0.132. The molecule has 0 aromatic heterocycles. The number of hydrogen-bond acceptors (Lipinski definition) is 4. The first kappa shape index (κ1) is 16.2. The van der Waals surface area contributed by atoms with Gasteiger partial charge < -0.3 is 20.3 Å². The zero-order chi connectivity index (χ0) is 15.1. The van der Waals surface area contributed by atoms with E-state index in [0.717, 1.165) is 32.5 Å². The summed E-state index contributed by atoms with van der Waals surface area (Å²) in [5, 5.41) is 6.14. The molecule has 21 heavy (non-hydrogen) atoms. The van der Waals surface area contributed by atoms with E-state index in [2.05, 4.69) is 10.6 Å². The van der Waals surface area contributed by atoms with E-state index in [1.165, 1.54) is 6.42 Å². The highest BCUT2D eigenvalue weighted by atomic mass is 16.5. The Bertz CT molecular complexity index is 356. The Morgan fingerprint density at radius 2 is 1.95 bits per heavy atom. The number of likely N-dealkylation sites (tertiary alicyclic amines) is 1. The highest BCUT2D eigenvalue weighted by molar-refractivity contribution is 5.81. The summed E-state index contributed by atoms with van der Waals surface area (Å²) in [4.78, 5) is 26.1. The summed E-state index contributed by atoms with van der Waals surface area (Å²) < 4.78 is 5.37. The van der Waals surface area contributed by atoms with Gasteiger partial charge in [-0.3, -0.25) is 9.59 Å². The number of hydrogen-bond donors (Lipinski definition) is 2. The fourth-order valence-electron chi connectivity index (χ4n) is 3.00. The Morgan fingerprint density at radius 3 is 2.67 bits per heavy atom. The predicted octanol–water partition coefficient (Wildman–Crippen LogP) is 0.130. The molecule has 2 saturated heterocycles. The maximum absolute atomic E-state index is 12.1. The van der Waals surface area contributed by atoms with Crippen LogP contribution in [0.25, 0.3) is 0 Å². The van der Waals surface area contributed by atoms with Crippen LogP contribution in [0, 0.1) is 5.92 Å². The van der Waals surface area contributed by atoms with E-state index in [4.69, 9.17) is 4.74 Å². The number of rotatable bonds is 6. The summed E-state index contributed by atoms with van der Waals surface area (Å²) >= 11 is 0. The van der Waals surface area contributed by atoms with Crippen LogP contribution < -0.4 is 10.6 Å². The second kappa shape index (κ2) is 8.34. The molecular weight excluding hydrogens is 270 g/mol. The van der Waals surface area contributed by atoms with E-state index in [1.807, 2.05) is 11.8 Å². The van der Waals surface area contributed by atoms with Crippen molar-refractivity contribution in [1.82, 2.24) is 15.5 Å². The Morgan fingerprint density at radius 1 is 1.19 bits per heavy atom. The molecule has 0 bridgehead atoms. The third kappa shape index (κ3) is 4.68. The number of ether oxygens (including phenoxy) is 1. The molecule has 0 spiro atoms. The van der Waals surface area contributed by atoms with Gasteiger partial charge in [-0.1, -0.05) is 6.92 Å². The second-order valence-corrected chi connectivity index (χ2v) is 5.79. The topological polar surface area (TPSA) is 70.7 Å². The van der Waals surface area contributed by atoms with E-state index >= 15 is 0 Å². The number of piperidine rings is 1. The standard InChI is InChI=1S/C15H27N3O3/c1-2-16-13-11-21-10-12(13)15(20)17-7-6-14(19)18-8-4-3-5-9-18/h12-13,16H,2-11H2,1H3,(H,17,20). The van der Waals surface area contributed by atoms with Gasteiger partial charge in [-0.25, -0.2) is 0 Å². The molecule has 2 atom stereocenters. The van der Waals surface area contributed by atoms with Gasteiger partial charge in [0.25, 0.3) is 0 Å². The minimum atomic E-state index is -0.143. The molecule has 0 aliphatic carbocycles. The Labute approximate surface area is 126 Å². The number of nitrogens with one attached hydrogen (secondary N) is 2. The van der Waals surface area contributed by atoms with Gasteiger partial charge in [0.1, 0.15) is 0 Å². The summed E-state index contributed by atoms with van der Waals surface area (Å²) in [5.41, 5.74) is 0. The number of carbonyl (C=O) groups is 2. The zero-order valence-corrected chi connectivity index (χ0v) is 12.9. The van der Waals surface area contributed by atoms with Crippen LogP contribution in [0.4, 0.5) is 0 Å². The van der Waals surface area contributed by atoms with Gasteiger partial charge in [0.05, 0.1) is 19.1 Å². The summed E-state index contributed by atoms with van der Waals surface area (Å²) in [5.74, 6) is 0.000776. The number of amides is 2. The molecule has 0 aromatic carbocycles. The molecule has 6 nitrogen and oxygen atoms in total. The van der Waals surface area contributed by atoms with Crippen molar-refractivity contribution in [1.29, 1.82) is 0 Å². The van der Waals surface area contributed by atoms with Crippen molar-refractivity contribution < 1.29 is 14.3 Å². The zero-order valence-electron chi connectivity index (χ0n) is 12.9. The van der Waals surface area contributed by atoms with E-state index in [-0.39, 0.29) is 23.8 Å². The lowest BCUT2D eigenvalue weighted by atomic mass is 10.0. The molecule has 2 fully saturated rings. The number of nitrogens with zero attached hydrogens (tertiary/aromatic N) is 1. The van der Waals surface area contributed by atoms with Gasteiger partial charge in [-0.05, 0) is 25.8 Å². The first-order chi connectivity index (χ1) is 10.2. The monoisotopic (exact) mass is 297 g/mol. The predicted molar refractivity (Wildman–Crippen MR) is 79.8 cm³/mol. The van der Waals surface area contributed by atoms with Crippen molar-refractivity contribution >= 4 is 11.8 Å². The third-order valence-electron chi connectivity index (χ3n) is 4.23. The van der Waals surface area contributed by atoms with Gasteiger partial charge in [0.15, 0.2) is 0 Å². The molecule has 2 aliphatic rings. The van der Waals surface area contributed by atoms with Crippen LogP contribution in [-0.4, -0.2) is 62.1 Å². The van der Waals surface area contributed by atoms with Crippen LogP contribution in [0.2, 0.25) is 0 Å². The lowest BCUT2D eigenvalue weighted by Crippen LogP contribution is -2.45. The third-order valence-corrected chi connectivity index (χ3v) is 4.23. The molecule has 2 N–H and O–H groups in total. The quantitative estimate of drug-likeness (QED) is 0.731. The largest absolute Gasteiger partial charge is 0.379 e. The first-order valence-electron chi connectivity index (χ1n) is 8.09. The lowest BCUT2D eigenvalue weighted by Gasteiger charge is -2.26. The number of carbonyl (C=O) groups excluding carboxylic acids is 2. The summed E-state index contributed by atoms with van der Waals surface area (Å²) in [6, 6.07) is 0.0906. The van der Waals surface area contributed by atoms with Gasteiger partial charge in [0.2, 0.25) is 11.8 Å². The van der Waals surface area contributed by atoms with Crippen LogP contribution in [0.1, 0.15) is 32.6 Å². The van der Waals surface area contributed by atoms with Crippen molar-refractivity contribution in [3.05, 3.63) is 0 Å². The Kier molecular flexibility index (Phi) is 6.45. The van der Waals surface area contributed by atoms with Crippen molar-refractivity contribution in [3.8, 4) is 0 Å². The van der Waals surface area contributed by atoms with E-state index < -0.39 is 0 Å². The van der Waals surface area contributed by atoms with Crippen LogP contribution in [0.3, 0.4) is 0 Å². The molecular formula is C15H27N3O3. The van der Waals surface area contributed by atoms with Crippen molar-refractivity contribution in [2.75, 3.05) is 39.4 Å².